The van der Waals surface area contributed by atoms with E-state index in [0.717, 1.165) is 43.5 Å². The summed E-state index contributed by atoms with van der Waals surface area (Å²) in [5.74, 6) is 0.0377. The van der Waals surface area contributed by atoms with Gasteiger partial charge in [0.25, 0.3) is 0 Å². The normalized spacial score (nSPS) is 21.8. The smallest absolute Gasteiger partial charge is 0.226 e. The Morgan fingerprint density at radius 3 is 2.84 bits per heavy atom. The molecule has 1 aromatic rings. The van der Waals surface area contributed by atoms with E-state index in [4.69, 9.17) is 0 Å². The fraction of sp³-hybridized carbons (Fsp3) is 0.500. The van der Waals surface area contributed by atoms with Crippen molar-refractivity contribution in [2.75, 3.05) is 13.1 Å². The molecule has 104 valence electrons. The molecule has 0 spiro atoms. The van der Waals surface area contributed by atoms with Crippen LogP contribution in [0.1, 0.15) is 30.0 Å². The summed E-state index contributed by atoms with van der Waals surface area (Å²) in [5, 5.41) is 6.19. The average molecular weight is 285 g/mol. The monoisotopic (exact) mass is 284 g/mol. The molecule has 1 atom stereocenters. The van der Waals surface area contributed by atoms with E-state index in [0.29, 0.717) is 0 Å². The lowest BCUT2D eigenvalue weighted by Gasteiger charge is -2.31. The van der Waals surface area contributed by atoms with E-state index in [2.05, 4.69) is 10.6 Å². The molecule has 2 N–H and O–H groups in total. The SMILES string of the molecule is Cl.O=C(NC1CCCc2cc(F)ccc21)C1CNC1. The standard InChI is InChI=1S/C14H17FN2O.ClH/c15-11-4-5-12-9(6-11)2-1-3-13(12)17-14(18)10-7-16-8-10;/h4-6,10,13,16H,1-3,7-8H2,(H,17,18);1H. The third-order valence-electron chi connectivity index (χ3n) is 3.89. The minimum atomic E-state index is -0.191. The largest absolute Gasteiger partial charge is 0.349 e. The summed E-state index contributed by atoms with van der Waals surface area (Å²) in [7, 11) is 0. The highest BCUT2D eigenvalue weighted by Crippen LogP contribution is 2.30. The molecule has 2 aliphatic rings. The van der Waals surface area contributed by atoms with Gasteiger partial charge in [-0.15, -0.1) is 12.4 Å². The number of carbonyl (C=O) groups excluding carboxylic acids is 1. The number of benzene rings is 1. The first-order valence-corrected chi connectivity index (χ1v) is 6.53. The van der Waals surface area contributed by atoms with Crippen molar-refractivity contribution < 1.29 is 9.18 Å². The van der Waals surface area contributed by atoms with Gasteiger partial charge in [-0.2, -0.15) is 0 Å². The first kappa shape index (κ1) is 14.3. The number of amides is 1. The second kappa shape index (κ2) is 5.88. The van der Waals surface area contributed by atoms with Crippen LogP contribution in [0.25, 0.3) is 0 Å². The van der Waals surface area contributed by atoms with Gasteiger partial charge < -0.3 is 10.6 Å². The highest BCUT2D eigenvalue weighted by Gasteiger charge is 2.28. The van der Waals surface area contributed by atoms with Crippen molar-refractivity contribution in [2.24, 2.45) is 5.92 Å². The highest BCUT2D eigenvalue weighted by molar-refractivity contribution is 5.85. The minimum absolute atomic E-state index is 0. The van der Waals surface area contributed by atoms with Crippen LogP contribution in [0.4, 0.5) is 4.39 Å². The van der Waals surface area contributed by atoms with Crippen LogP contribution in [-0.2, 0) is 11.2 Å². The molecular weight excluding hydrogens is 267 g/mol. The number of carbonyl (C=O) groups is 1. The summed E-state index contributed by atoms with van der Waals surface area (Å²) in [4.78, 5) is 11.9. The molecule has 1 aromatic carbocycles. The molecule has 1 unspecified atom stereocenters. The van der Waals surface area contributed by atoms with Crippen LogP contribution >= 0.6 is 12.4 Å². The lowest BCUT2D eigenvalue weighted by molar-refractivity contribution is -0.127. The zero-order valence-electron chi connectivity index (χ0n) is 10.6. The van der Waals surface area contributed by atoms with Gasteiger partial charge in [-0.1, -0.05) is 6.07 Å². The quantitative estimate of drug-likeness (QED) is 0.872. The van der Waals surface area contributed by atoms with Crippen molar-refractivity contribution in [1.82, 2.24) is 10.6 Å². The molecule has 1 aliphatic carbocycles. The Balaban J connectivity index is 0.00000133. The summed E-state index contributed by atoms with van der Waals surface area (Å²) in [6, 6.07) is 4.95. The topological polar surface area (TPSA) is 41.1 Å². The lowest BCUT2D eigenvalue weighted by Crippen LogP contribution is -2.51. The van der Waals surface area contributed by atoms with Gasteiger partial charge in [-0.3, -0.25) is 4.79 Å². The molecule has 1 fully saturated rings. The molecule has 1 amide bonds. The third-order valence-corrected chi connectivity index (χ3v) is 3.89. The number of nitrogens with one attached hydrogen (secondary N) is 2. The first-order chi connectivity index (χ1) is 8.74. The summed E-state index contributed by atoms with van der Waals surface area (Å²) in [6.45, 7) is 1.55. The van der Waals surface area contributed by atoms with Crippen LogP contribution in [-0.4, -0.2) is 19.0 Å². The molecule has 5 heteroatoms. The van der Waals surface area contributed by atoms with Gasteiger partial charge in [-0.05, 0) is 42.5 Å². The van der Waals surface area contributed by atoms with Gasteiger partial charge in [-0.25, -0.2) is 4.39 Å². The van der Waals surface area contributed by atoms with Gasteiger partial charge in [0, 0.05) is 13.1 Å². The Hall–Kier alpha value is -1.13. The van der Waals surface area contributed by atoms with Gasteiger partial charge >= 0.3 is 0 Å². The Kier molecular flexibility index (Phi) is 4.42. The first-order valence-electron chi connectivity index (χ1n) is 6.53. The Labute approximate surface area is 118 Å². The molecular formula is C14H18ClFN2O. The number of halogens is 2. The van der Waals surface area contributed by atoms with Crippen molar-refractivity contribution in [3.8, 4) is 0 Å². The van der Waals surface area contributed by atoms with E-state index in [1.54, 1.807) is 6.07 Å². The maximum atomic E-state index is 13.2. The third kappa shape index (κ3) is 2.90. The van der Waals surface area contributed by atoms with Crippen LogP contribution in [0, 0.1) is 11.7 Å². The number of hydrogen-bond acceptors (Lipinski definition) is 2. The maximum absolute atomic E-state index is 13.2. The number of rotatable bonds is 2. The molecule has 0 aromatic heterocycles. The number of aryl methyl sites for hydroxylation is 1. The Morgan fingerprint density at radius 2 is 2.16 bits per heavy atom. The molecule has 0 saturated carbocycles. The summed E-state index contributed by atoms with van der Waals surface area (Å²) < 4.78 is 13.2. The van der Waals surface area contributed by atoms with Crippen molar-refractivity contribution in [1.29, 1.82) is 0 Å². The van der Waals surface area contributed by atoms with Crippen molar-refractivity contribution in [3.05, 3.63) is 35.1 Å². The van der Waals surface area contributed by atoms with Crippen molar-refractivity contribution in [2.45, 2.75) is 25.3 Å². The summed E-state index contributed by atoms with van der Waals surface area (Å²) in [6.07, 6.45) is 2.86. The summed E-state index contributed by atoms with van der Waals surface area (Å²) >= 11 is 0. The minimum Gasteiger partial charge on any atom is -0.349 e. The van der Waals surface area contributed by atoms with E-state index in [9.17, 15) is 9.18 Å². The van der Waals surface area contributed by atoms with Gasteiger partial charge in [0.2, 0.25) is 5.91 Å². The molecule has 0 radical (unpaired) electrons. The maximum Gasteiger partial charge on any atom is 0.226 e. The van der Waals surface area contributed by atoms with Gasteiger partial charge in [0.15, 0.2) is 0 Å². The summed E-state index contributed by atoms with van der Waals surface area (Å²) in [5.41, 5.74) is 2.13. The van der Waals surface area contributed by atoms with E-state index in [1.807, 2.05) is 6.07 Å². The van der Waals surface area contributed by atoms with Gasteiger partial charge in [0.1, 0.15) is 5.82 Å². The molecule has 1 heterocycles. The predicted molar refractivity (Wildman–Crippen MR) is 73.8 cm³/mol. The number of hydrogen-bond donors (Lipinski definition) is 2. The second-order valence-electron chi connectivity index (χ2n) is 5.15. The van der Waals surface area contributed by atoms with Crippen LogP contribution in [0.15, 0.2) is 18.2 Å². The van der Waals surface area contributed by atoms with Crippen molar-refractivity contribution in [3.63, 3.8) is 0 Å². The fourth-order valence-electron chi connectivity index (χ4n) is 2.70. The van der Waals surface area contributed by atoms with Crippen LogP contribution in [0.2, 0.25) is 0 Å². The Bertz CT molecular complexity index is 477. The predicted octanol–water partition coefficient (Wildman–Crippen LogP) is 1.96. The average Bonchev–Trinajstić information content (AvgIpc) is 2.26. The molecule has 3 rings (SSSR count). The molecule has 3 nitrogen and oxygen atoms in total. The zero-order valence-corrected chi connectivity index (χ0v) is 11.4. The van der Waals surface area contributed by atoms with E-state index < -0.39 is 0 Å². The number of fused-ring (bicyclic) bond motifs is 1. The molecule has 1 aliphatic heterocycles. The van der Waals surface area contributed by atoms with Crippen LogP contribution < -0.4 is 10.6 Å². The van der Waals surface area contributed by atoms with Crippen molar-refractivity contribution >= 4 is 18.3 Å². The molecule has 19 heavy (non-hydrogen) atoms. The second-order valence-corrected chi connectivity index (χ2v) is 5.15. The lowest BCUT2D eigenvalue weighted by atomic mass is 9.87. The van der Waals surface area contributed by atoms with Crippen LogP contribution in [0.5, 0.6) is 0 Å². The van der Waals surface area contributed by atoms with E-state index >= 15 is 0 Å². The highest BCUT2D eigenvalue weighted by atomic mass is 35.5. The molecule has 0 bridgehead atoms. The fourth-order valence-corrected chi connectivity index (χ4v) is 2.70. The van der Waals surface area contributed by atoms with Crippen LogP contribution in [0.3, 0.4) is 0 Å². The van der Waals surface area contributed by atoms with E-state index in [-0.39, 0.29) is 36.1 Å². The zero-order chi connectivity index (χ0) is 12.5. The molecule has 1 saturated heterocycles. The van der Waals surface area contributed by atoms with E-state index in [1.165, 1.54) is 6.07 Å². The Morgan fingerprint density at radius 1 is 1.37 bits per heavy atom. The van der Waals surface area contributed by atoms with Gasteiger partial charge in [0.05, 0.1) is 12.0 Å².